The van der Waals surface area contributed by atoms with Gasteiger partial charge in [0.05, 0.1) is 4.90 Å². The Bertz CT molecular complexity index is 725. The van der Waals surface area contributed by atoms with Crippen LogP contribution in [0.4, 0.5) is 5.69 Å². The second-order valence-corrected chi connectivity index (χ2v) is 7.19. The predicted molar refractivity (Wildman–Crippen MR) is 83.5 cm³/mol. The molecule has 2 aromatic rings. The van der Waals surface area contributed by atoms with Gasteiger partial charge >= 0.3 is 0 Å². The summed E-state index contributed by atoms with van der Waals surface area (Å²) in [7, 11) is -2.14. The van der Waals surface area contributed by atoms with E-state index in [0.717, 1.165) is 5.56 Å². The number of nitrogen functional groups attached to an aromatic ring is 1. The lowest BCUT2D eigenvalue weighted by Crippen LogP contribution is -2.26. The number of hydrogen-bond acceptors (Lipinski definition) is 4. The van der Waals surface area contributed by atoms with Gasteiger partial charge in [-0.25, -0.2) is 8.42 Å². The van der Waals surface area contributed by atoms with Crippen LogP contribution in [0.25, 0.3) is 0 Å². The van der Waals surface area contributed by atoms with Crippen LogP contribution in [0.2, 0.25) is 5.02 Å². The minimum absolute atomic E-state index is 0.0900. The van der Waals surface area contributed by atoms with Gasteiger partial charge in [-0.3, -0.25) is 4.98 Å². The van der Waals surface area contributed by atoms with Crippen LogP contribution in [0.1, 0.15) is 11.1 Å². The molecule has 1 aromatic carbocycles. The summed E-state index contributed by atoms with van der Waals surface area (Å²) in [6.07, 6.45) is 3.24. The van der Waals surface area contributed by atoms with Gasteiger partial charge < -0.3 is 5.73 Å². The lowest BCUT2D eigenvalue weighted by molar-refractivity contribution is 0.466. The molecule has 0 bridgehead atoms. The summed E-state index contributed by atoms with van der Waals surface area (Å²) in [5.41, 5.74) is 7.68. The summed E-state index contributed by atoms with van der Waals surface area (Å²) in [4.78, 5) is 3.99. The van der Waals surface area contributed by atoms with E-state index in [0.29, 0.717) is 16.3 Å². The molecule has 5 nitrogen and oxygen atoms in total. The summed E-state index contributed by atoms with van der Waals surface area (Å²) >= 11 is 6.02. The van der Waals surface area contributed by atoms with Crippen LogP contribution in [0.3, 0.4) is 0 Å². The number of rotatable bonds is 4. The van der Waals surface area contributed by atoms with Crippen LogP contribution in [0, 0.1) is 6.92 Å². The molecule has 0 aliphatic rings. The number of pyridine rings is 1. The number of sulfonamides is 1. The second kappa shape index (κ2) is 6.01. The normalized spacial score (nSPS) is 11.8. The Morgan fingerprint density at radius 1 is 1.29 bits per heavy atom. The monoisotopic (exact) mass is 325 g/mol. The maximum atomic E-state index is 12.5. The lowest BCUT2D eigenvalue weighted by Gasteiger charge is -2.18. The van der Waals surface area contributed by atoms with Crippen molar-refractivity contribution in [3.63, 3.8) is 0 Å². The highest BCUT2D eigenvalue weighted by Gasteiger charge is 2.22. The van der Waals surface area contributed by atoms with Crippen molar-refractivity contribution >= 4 is 27.3 Å². The number of benzene rings is 1. The Morgan fingerprint density at radius 2 is 1.90 bits per heavy atom. The fraction of sp³-hybridized carbons (Fsp3) is 0.214. The van der Waals surface area contributed by atoms with E-state index in [9.17, 15) is 8.42 Å². The van der Waals surface area contributed by atoms with E-state index in [-0.39, 0.29) is 11.4 Å². The van der Waals surface area contributed by atoms with E-state index < -0.39 is 10.0 Å². The quantitative estimate of drug-likeness (QED) is 0.876. The topological polar surface area (TPSA) is 76.3 Å². The van der Waals surface area contributed by atoms with Crippen LogP contribution in [-0.4, -0.2) is 24.8 Å². The van der Waals surface area contributed by atoms with Gasteiger partial charge in [-0.1, -0.05) is 11.6 Å². The van der Waals surface area contributed by atoms with E-state index >= 15 is 0 Å². The van der Waals surface area contributed by atoms with E-state index in [4.69, 9.17) is 17.3 Å². The van der Waals surface area contributed by atoms with Gasteiger partial charge in [-0.05, 0) is 42.3 Å². The van der Waals surface area contributed by atoms with Crippen molar-refractivity contribution in [3.05, 3.63) is 52.8 Å². The van der Waals surface area contributed by atoms with Crippen molar-refractivity contribution in [2.75, 3.05) is 12.8 Å². The van der Waals surface area contributed by atoms with E-state index in [1.54, 1.807) is 31.5 Å². The molecule has 0 saturated heterocycles. The third kappa shape index (κ3) is 3.34. The molecule has 0 amide bonds. The Balaban J connectivity index is 2.33. The molecule has 7 heteroatoms. The Kier molecular flexibility index (Phi) is 4.51. The minimum atomic E-state index is -3.65. The van der Waals surface area contributed by atoms with Crippen molar-refractivity contribution in [1.82, 2.24) is 9.29 Å². The summed E-state index contributed by atoms with van der Waals surface area (Å²) in [5.74, 6) is 0. The van der Waals surface area contributed by atoms with Gasteiger partial charge in [-0.15, -0.1) is 0 Å². The summed E-state index contributed by atoms with van der Waals surface area (Å²) in [6.45, 7) is 1.99. The highest BCUT2D eigenvalue weighted by atomic mass is 35.5. The van der Waals surface area contributed by atoms with Crippen LogP contribution in [0.15, 0.2) is 41.6 Å². The third-order valence-electron chi connectivity index (χ3n) is 3.22. The molecule has 1 aromatic heterocycles. The van der Waals surface area contributed by atoms with Gasteiger partial charge in [0.25, 0.3) is 0 Å². The van der Waals surface area contributed by atoms with Crippen LogP contribution >= 0.6 is 11.6 Å². The number of nitrogens with two attached hydrogens (primary N) is 1. The molecular weight excluding hydrogens is 310 g/mol. The maximum Gasteiger partial charge on any atom is 0.243 e. The van der Waals surface area contributed by atoms with E-state index in [2.05, 4.69) is 4.98 Å². The number of hydrogen-bond donors (Lipinski definition) is 1. The van der Waals surface area contributed by atoms with Gasteiger partial charge in [0.2, 0.25) is 10.0 Å². The number of anilines is 1. The number of aromatic nitrogens is 1. The van der Waals surface area contributed by atoms with Gasteiger partial charge in [0.15, 0.2) is 0 Å². The SMILES string of the molecule is Cc1c(N)cc(S(=O)(=O)N(C)Cc2ccncc2)cc1Cl. The molecule has 0 unspecified atom stereocenters. The molecule has 2 N–H and O–H groups in total. The molecule has 0 fully saturated rings. The fourth-order valence-corrected chi connectivity index (χ4v) is 3.35. The van der Waals surface area contributed by atoms with Crippen molar-refractivity contribution < 1.29 is 8.42 Å². The Labute approximate surface area is 129 Å². The molecule has 1 heterocycles. The fourth-order valence-electron chi connectivity index (χ4n) is 1.83. The average molecular weight is 326 g/mol. The zero-order valence-electron chi connectivity index (χ0n) is 11.7. The molecular formula is C14H16ClN3O2S. The Morgan fingerprint density at radius 3 is 2.48 bits per heavy atom. The van der Waals surface area contributed by atoms with Gasteiger partial charge in [0.1, 0.15) is 0 Å². The van der Waals surface area contributed by atoms with Crippen molar-refractivity contribution in [3.8, 4) is 0 Å². The molecule has 0 saturated carbocycles. The molecule has 2 rings (SSSR count). The van der Waals surface area contributed by atoms with Crippen LogP contribution in [-0.2, 0) is 16.6 Å². The first-order chi connectivity index (χ1) is 9.82. The standard InChI is InChI=1S/C14H16ClN3O2S/c1-10-13(15)7-12(8-14(10)16)21(19,20)18(2)9-11-3-5-17-6-4-11/h3-8H,9,16H2,1-2H3. The first-order valence-corrected chi connectivity index (χ1v) is 8.05. The molecule has 0 aliphatic heterocycles. The molecule has 112 valence electrons. The molecule has 21 heavy (non-hydrogen) atoms. The lowest BCUT2D eigenvalue weighted by atomic mass is 10.2. The van der Waals surface area contributed by atoms with Crippen LogP contribution < -0.4 is 5.73 Å². The summed E-state index contributed by atoms with van der Waals surface area (Å²) in [5, 5.41) is 0.339. The highest BCUT2D eigenvalue weighted by Crippen LogP contribution is 2.27. The smallest absolute Gasteiger partial charge is 0.243 e. The van der Waals surface area contributed by atoms with Gasteiger partial charge in [-0.2, -0.15) is 4.31 Å². The largest absolute Gasteiger partial charge is 0.398 e. The molecule has 0 atom stereocenters. The summed E-state index contributed by atoms with van der Waals surface area (Å²) in [6, 6.07) is 6.39. The molecule has 0 spiro atoms. The summed E-state index contributed by atoms with van der Waals surface area (Å²) < 4.78 is 26.3. The van der Waals surface area contributed by atoms with E-state index in [1.165, 1.54) is 23.5 Å². The van der Waals surface area contributed by atoms with E-state index in [1.807, 2.05) is 0 Å². The van der Waals surface area contributed by atoms with Crippen molar-refractivity contribution in [1.29, 1.82) is 0 Å². The number of nitrogens with zero attached hydrogens (tertiary/aromatic N) is 2. The predicted octanol–water partition coefficient (Wildman–Crippen LogP) is 2.45. The first-order valence-electron chi connectivity index (χ1n) is 6.23. The second-order valence-electron chi connectivity index (χ2n) is 4.74. The molecule has 0 aliphatic carbocycles. The highest BCUT2D eigenvalue weighted by molar-refractivity contribution is 7.89. The zero-order valence-corrected chi connectivity index (χ0v) is 13.3. The number of halogens is 1. The average Bonchev–Trinajstić information content (AvgIpc) is 2.45. The van der Waals surface area contributed by atoms with Gasteiger partial charge in [0, 0.05) is 36.7 Å². The van der Waals surface area contributed by atoms with Crippen LogP contribution in [0.5, 0.6) is 0 Å². The minimum Gasteiger partial charge on any atom is -0.398 e. The third-order valence-corrected chi connectivity index (χ3v) is 5.39. The maximum absolute atomic E-state index is 12.5. The van der Waals surface area contributed by atoms with Crippen molar-refractivity contribution in [2.24, 2.45) is 0 Å². The van der Waals surface area contributed by atoms with Crippen molar-refractivity contribution in [2.45, 2.75) is 18.4 Å². The zero-order chi connectivity index (χ0) is 15.6. The first kappa shape index (κ1) is 15.8. The molecule has 0 radical (unpaired) electrons. The Hall–Kier alpha value is -1.63.